The van der Waals surface area contributed by atoms with Crippen LogP contribution in [0.1, 0.15) is 92.9 Å². The van der Waals surface area contributed by atoms with Crippen molar-refractivity contribution in [3.8, 4) is 0 Å². The Hall–Kier alpha value is 0. The van der Waals surface area contributed by atoms with Crippen molar-refractivity contribution in [2.24, 2.45) is 23.7 Å². The molecule has 0 aliphatic carbocycles. The molecule has 0 fully saturated rings. The summed E-state index contributed by atoms with van der Waals surface area (Å²) in [4.78, 5) is 0. The lowest BCUT2D eigenvalue weighted by atomic mass is 9.77. The molecule has 0 aliphatic rings. The second kappa shape index (κ2) is 10.9. The van der Waals surface area contributed by atoms with Crippen LogP contribution >= 0.6 is 0 Å². The van der Waals surface area contributed by atoms with Crippen LogP contribution in [0.2, 0.25) is 0 Å². The zero-order chi connectivity index (χ0) is 14.0. The minimum atomic E-state index is 0.910. The molecule has 0 aromatic carbocycles. The van der Waals surface area contributed by atoms with Gasteiger partial charge in [0.15, 0.2) is 0 Å². The van der Waals surface area contributed by atoms with Gasteiger partial charge in [-0.1, -0.05) is 80.1 Å². The Morgan fingerprint density at radius 1 is 0.778 bits per heavy atom. The van der Waals surface area contributed by atoms with Gasteiger partial charge >= 0.3 is 0 Å². The Bertz CT molecular complexity index is 173. The smallest absolute Gasteiger partial charge is 0.0388 e. The molecule has 0 rings (SSSR count). The molecule has 0 radical (unpaired) electrons. The van der Waals surface area contributed by atoms with Gasteiger partial charge < -0.3 is 0 Å². The third-order valence-corrected chi connectivity index (χ3v) is 4.98. The molecule has 0 saturated carbocycles. The molecule has 4 atom stereocenters. The third kappa shape index (κ3) is 7.44. The van der Waals surface area contributed by atoms with E-state index in [-0.39, 0.29) is 0 Å². The van der Waals surface area contributed by atoms with Crippen molar-refractivity contribution in [2.45, 2.75) is 92.9 Å². The molecule has 4 unspecified atom stereocenters. The van der Waals surface area contributed by atoms with E-state index in [1.807, 2.05) is 0 Å². The Balaban J connectivity index is 4.17. The highest BCUT2D eigenvalue weighted by molar-refractivity contribution is 4.71. The van der Waals surface area contributed by atoms with E-state index in [1.165, 1.54) is 51.4 Å². The van der Waals surface area contributed by atoms with Gasteiger partial charge in [-0.25, -0.2) is 0 Å². The van der Waals surface area contributed by atoms with E-state index in [1.54, 1.807) is 0 Å². The fourth-order valence-electron chi connectivity index (χ4n) is 3.18. The number of hydrogen-bond donors (Lipinski definition) is 0. The molecule has 0 N–H and O–H groups in total. The lowest BCUT2D eigenvalue weighted by Crippen LogP contribution is -2.17. The van der Waals surface area contributed by atoms with Gasteiger partial charge in [-0.3, -0.25) is 0 Å². The van der Waals surface area contributed by atoms with Crippen LogP contribution in [0.5, 0.6) is 0 Å². The van der Waals surface area contributed by atoms with Crippen molar-refractivity contribution < 1.29 is 0 Å². The highest BCUT2D eigenvalue weighted by atomic mass is 14.3. The highest BCUT2D eigenvalue weighted by Crippen LogP contribution is 2.31. The predicted molar refractivity (Wildman–Crippen MR) is 84.9 cm³/mol. The second-order valence-corrected chi connectivity index (χ2v) is 6.55. The largest absolute Gasteiger partial charge is 0.0654 e. The predicted octanol–water partition coefficient (Wildman–Crippen LogP) is 6.69. The van der Waals surface area contributed by atoms with Gasteiger partial charge in [0.25, 0.3) is 0 Å². The minimum Gasteiger partial charge on any atom is -0.0654 e. The lowest BCUT2D eigenvalue weighted by Gasteiger charge is -2.28. The number of unbranched alkanes of at least 4 members (excludes halogenated alkanes) is 1. The molecule has 0 nitrogen and oxygen atoms in total. The number of rotatable bonds is 11. The van der Waals surface area contributed by atoms with Crippen LogP contribution in [0, 0.1) is 23.7 Å². The van der Waals surface area contributed by atoms with Gasteiger partial charge in [-0.15, -0.1) is 0 Å². The molecule has 0 aromatic heterocycles. The monoisotopic (exact) mass is 254 g/mol. The van der Waals surface area contributed by atoms with E-state index in [0.29, 0.717) is 0 Å². The Morgan fingerprint density at radius 2 is 1.44 bits per heavy atom. The van der Waals surface area contributed by atoms with Crippen LogP contribution < -0.4 is 0 Å². The molecule has 0 bridgehead atoms. The Kier molecular flexibility index (Phi) is 10.9. The van der Waals surface area contributed by atoms with Crippen molar-refractivity contribution in [3.63, 3.8) is 0 Å². The normalized spacial score (nSPS) is 18.3. The topological polar surface area (TPSA) is 0 Å². The highest BCUT2D eigenvalue weighted by Gasteiger charge is 2.20. The van der Waals surface area contributed by atoms with Crippen molar-refractivity contribution >= 4 is 0 Å². The maximum Gasteiger partial charge on any atom is -0.0388 e. The summed E-state index contributed by atoms with van der Waals surface area (Å²) in [6, 6.07) is 0. The van der Waals surface area contributed by atoms with E-state index < -0.39 is 0 Å². The molecule has 0 amide bonds. The van der Waals surface area contributed by atoms with Gasteiger partial charge in [0.1, 0.15) is 0 Å². The zero-order valence-corrected chi connectivity index (χ0v) is 14.0. The molecule has 18 heavy (non-hydrogen) atoms. The van der Waals surface area contributed by atoms with Gasteiger partial charge in [0, 0.05) is 0 Å². The zero-order valence-electron chi connectivity index (χ0n) is 14.0. The van der Waals surface area contributed by atoms with Crippen molar-refractivity contribution in [1.29, 1.82) is 0 Å². The van der Waals surface area contributed by atoms with Gasteiger partial charge in [-0.05, 0) is 36.5 Å². The fourth-order valence-corrected chi connectivity index (χ4v) is 3.18. The van der Waals surface area contributed by atoms with Crippen LogP contribution in [-0.4, -0.2) is 0 Å². The van der Waals surface area contributed by atoms with Gasteiger partial charge in [0.2, 0.25) is 0 Å². The quantitative estimate of drug-likeness (QED) is 0.385. The first kappa shape index (κ1) is 18.0. The fraction of sp³-hybridized carbons (Fsp3) is 1.00. The van der Waals surface area contributed by atoms with Crippen LogP contribution in [0.4, 0.5) is 0 Å². The summed E-state index contributed by atoms with van der Waals surface area (Å²) in [5.74, 6) is 3.76. The maximum atomic E-state index is 2.51. The summed E-state index contributed by atoms with van der Waals surface area (Å²) in [5.41, 5.74) is 0. The van der Waals surface area contributed by atoms with E-state index >= 15 is 0 Å². The number of hydrogen-bond acceptors (Lipinski definition) is 0. The molecule has 0 saturated heterocycles. The molecular weight excluding hydrogens is 216 g/mol. The summed E-state index contributed by atoms with van der Waals surface area (Å²) in [7, 11) is 0. The summed E-state index contributed by atoms with van der Waals surface area (Å²) in [6.45, 7) is 14.3. The first-order valence-electron chi connectivity index (χ1n) is 8.58. The average molecular weight is 255 g/mol. The molecule has 0 spiro atoms. The van der Waals surface area contributed by atoms with E-state index in [4.69, 9.17) is 0 Å². The van der Waals surface area contributed by atoms with Crippen LogP contribution in [-0.2, 0) is 0 Å². The van der Waals surface area contributed by atoms with Crippen LogP contribution in [0.15, 0.2) is 0 Å². The van der Waals surface area contributed by atoms with E-state index in [0.717, 1.165) is 23.7 Å². The molecule has 0 heteroatoms. The summed E-state index contributed by atoms with van der Waals surface area (Å²) in [6.07, 6.45) is 11.2. The third-order valence-electron chi connectivity index (χ3n) is 4.98. The van der Waals surface area contributed by atoms with Crippen molar-refractivity contribution in [2.75, 3.05) is 0 Å². The standard InChI is InChI=1S/C18H38/c1-7-11-12-17(9-3)14-16(6)18(10-4)13-15(5)8-2/h15-18H,7-14H2,1-6H3. The Labute approximate surface area is 117 Å². The molecule has 0 aliphatic heterocycles. The molecular formula is C18H38. The van der Waals surface area contributed by atoms with Crippen LogP contribution in [0.3, 0.4) is 0 Å². The summed E-state index contributed by atoms with van der Waals surface area (Å²) < 4.78 is 0. The van der Waals surface area contributed by atoms with Gasteiger partial charge in [0.05, 0.1) is 0 Å². The van der Waals surface area contributed by atoms with E-state index in [9.17, 15) is 0 Å². The first-order valence-corrected chi connectivity index (χ1v) is 8.58. The Morgan fingerprint density at radius 3 is 1.89 bits per heavy atom. The van der Waals surface area contributed by atoms with Gasteiger partial charge in [-0.2, -0.15) is 0 Å². The second-order valence-electron chi connectivity index (χ2n) is 6.55. The summed E-state index contributed by atoms with van der Waals surface area (Å²) >= 11 is 0. The van der Waals surface area contributed by atoms with Crippen molar-refractivity contribution in [3.05, 3.63) is 0 Å². The molecule has 0 heterocycles. The SMILES string of the molecule is CCCCC(CC)CC(C)C(CC)CC(C)CC. The van der Waals surface area contributed by atoms with E-state index in [2.05, 4.69) is 41.5 Å². The summed E-state index contributed by atoms with van der Waals surface area (Å²) in [5, 5.41) is 0. The van der Waals surface area contributed by atoms with Crippen molar-refractivity contribution in [1.82, 2.24) is 0 Å². The molecule has 110 valence electrons. The first-order chi connectivity index (χ1) is 8.58. The average Bonchev–Trinajstić information content (AvgIpc) is 2.39. The molecule has 0 aromatic rings. The van der Waals surface area contributed by atoms with Crippen LogP contribution in [0.25, 0.3) is 0 Å². The minimum absolute atomic E-state index is 0.910. The lowest BCUT2D eigenvalue weighted by molar-refractivity contribution is 0.228. The maximum absolute atomic E-state index is 2.51.